The normalized spacial score (nSPS) is 16.5. The SMILES string of the molecule is OBOc1cccc2c1OC(F)(F)O2. The second-order valence-corrected chi connectivity index (χ2v) is 2.52. The first-order valence-electron chi connectivity index (χ1n) is 3.75. The first-order valence-corrected chi connectivity index (χ1v) is 3.75. The molecule has 0 radical (unpaired) electrons. The number of benzene rings is 1. The van der Waals surface area contributed by atoms with E-state index in [1.165, 1.54) is 18.2 Å². The van der Waals surface area contributed by atoms with E-state index in [-0.39, 0.29) is 17.2 Å². The Hall–Kier alpha value is -1.50. The molecule has 0 fully saturated rings. The predicted molar refractivity (Wildman–Crippen MR) is 42.6 cm³/mol. The highest BCUT2D eigenvalue weighted by Gasteiger charge is 2.44. The first-order chi connectivity index (χ1) is 6.62. The van der Waals surface area contributed by atoms with Crippen LogP contribution in [0.15, 0.2) is 18.2 Å². The van der Waals surface area contributed by atoms with Crippen molar-refractivity contribution in [2.75, 3.05) is 0 Å². The van der Waals surface area contributed by atoms with Crippen molar-refractivity contribution >= 4 is 7.69 Å². The lowest BCUT2D eigenvalue weighted by Gasteiger charge is -2.06. The van der Waals surface area contributed by atoms with Gasteiger partial charge in [-0.25, -0.2) is 0 Å². The number of ether oxygens (including phenoxy) is 2. The van der Waals surface area contributed by atoms with Gasteiger partial charge in [-0.2, -0.15) is 0 Å². The van der Waals surface area contributed by atoms with Crippen LogP contribution in [0.3, 0.4) is 0 Å². The fraction of sp³-hybridized carbons (Fsp3) is 0.143. The van der Waals surface area contributed by atoms with Crippen molar-refractivity contribution in [2.24, 2.45) is 0 Å². The third-order valence-electron chi connectivity index (χ3n) is 1.61. The highest BCUT2D eigenvalue weighted by molar-refractivity contribution is 6.17. The molecule has 74 valence electrons. The summed E-state index contributed by atoms with van der Waals surface area (Å²) in [5.74, 6) is -0.297. The van der Waals surface area contributed by atoms with E-state index in [9.17, 15) is 8.78 Å². The molecule has 1 heterocycles. The molecule has 0 atom stereocenters. The maximum absolute atomic E-state index is 12.6. The Morgan fingerprint density at radius 1 is 1.36 bits per heavy atom. The van der Waals surface area contributed by atoms with Gasteiger partial charge in [0.05, 0.1) is 0 Å². The number of alkyl halides is 2. The predicted octanol–water partition coefficient (Wildman–Crippen LogP) is 0.646. The van der Waals surface area contributed by atoms with E-state index in [2.05, 4.69) is 14.1 Å². The molecule has 1 aliphatic rings. The van der Waals surface area contributed by atoms with Gasteiger partial charge in [-0.05, 0) is 12.1 Å². The zero-order valence-electron chi connectivity index (χ0n) is 6.87. The molecule has 0 aromatic heterocycles. The lowest BCUT2D eigenvalue weighted by Crippen LogP contribution is -2.26. The van der Waals surface area contributed by atoms with E-state index in [0.29, 0.717) is 0 Å². The summed E-state index contributed by atoms with van der Waals surface area (Å²) in [4.78, 5) is 0. The van der Waals surface area contributed by atoms with Gasteiger partial charge in [0.25, 0.3) is 0 Å². The van der Waals surface area contributed by atoms with Crippen molar-refractivity contribution in [3.05, 3.63) is 18.2 Å². The van der Waals surface area contributed by atoms with Gasteiger partial charge in [0, 0.05) is 0 Å². The minimum atomic E-state index is -3.67. The molecule has 1 N–H and O–H groups in total. The summed E-state index contributed by atoms with van der Waals surface area (Å²) in [5.41, 5.74) is 0. The summed E-state index contributed by atoms with van der Waals surface area (Å²) in [5, 5.41) is 8.47. The van der Waals surface area contributed by atoms with Crippen molar-refractivity contribution in [1.82, 2.24) is 0 Å². The molecular formula is C7H5BF2O4. The lowest BCUT2D eigenvalue weighted by atomic mass is 10.3. The van der Waals surface area contributed by atoms with Gasteiger partial charge < -0.3 is 19.2 Å². The topological polar surface area (TPSA) is 47.9 Å². The molecule has 1 aromatic carbocycles. The quantitative estimate of drug-likeness (QED) is 0.715. The molecule has 1 aromatic rings. The molecule has 14 heavy (non-hydrogen) atoms. The van der Waals surface area contributed by atoms with Crippen molar-refractivity contribution in [3.8, 4) is 17.2 Å². The average Bonchev–Trinajstić information content (AvgIpc) is 2.41. The Morgan fingerprint density at radius 3 is 2.86 bits per heavy atom. The van der Waals surface area contributed by atoms with Crippen LogP contribution in [-0.2, 0) is 0 Å². The first kappa shape index (κ1) is 9.08. The average molecular weight is 202 g/mol. The number of halogens is 2. The third-order valence-corrected chi connectivity index (χ3v) is 1.61. The molecule has 0 saturated carbocycles. The van der Waals surface area contributed by atoms with Crippen molar-refractivity contribution < 1.29 is 27.9 Å². The van der Waals surface area contributed by atoms with Crippen LogP contribution < -0.4 is 14.1 Å². The molecule has 0 bridgehead atoms. The molecule has 4 nitrogen and oxygen atoms in total. The van der Waals surface area contributed by atoms with E-state index in [0.717, 1.165) is 0 Å². The summed E-state index contributed by atoms with van der Waals surface area (Å²) in [7, 11) is -0.620. The minimum Gasteiger partial charge on any atom is -0.536 e. The summed E-state index contributed by atoms with van der Waals surface area (Å²) in [6.45, 7) is 0. The van der Waals surface area contributed by atoms with Gasteiger partial charge in [0.1, 0.15) is 5.75 Å². The highest BCUT2D eigenvalue weighted by atomic mass is 19.3. The molecule has 7 heteroatoms. The standard InChI is InChI=1S/C7H5BF2O4/c9-7(10)12-4-2-1-3-5(14-8-11)6(4)13-7/h1-3,8,11H. The van der Waals surface area contributed by atoms with Crippen LogP contribution in [0.4, 0.5) is 8.78 Å². The van der Waals surface area contributed by atoms with Gasteiger partial charge in [-0.3, -0.25) is 0 Å². The number of hydrogen-bond donors (Lipinski definition) is 1. The van der Waals surface area contributed by atoms with E-state index in [1.54, 1.807) is 0 Å². The number of fused-ring (bicyclic) bond motifs is 1. The van der Waals surface area contributed by atoms with Crippen LogP contribution in [0.1, 0.15) is 0 Å². The molecule has 0 aliphatic carbocycles. The van der Waals surface area contributed by atoms with Gasteiger partial charge in [-0.1, -0.05) is 6.07 Å². The van der Waals surface area contributed by atoms with Crippen molar-refractivity contribution in [3.63, 3.8) is 0 Å². The molecule has 0 saturated heterocycles. The molecule has 0 unspecified atom stereocenters. The van der Waals surface area contributed by atoms with Crippen LogP contribution >= 0.6 is 0 Å². The molecular weight excluding hydrogens is 197 g/mol. The van der Waals surface area contributed by atoms with Crippen LogP contribution in [0, 0.1) is 0 Å². The second kappa shape index (κ2) is 3.02. The van der Waals surface area contributed by atoms with Gasteiger partial charge in [-0.15, -0.1) is 8.78 Å². The summed E-state index contributed by atoms with van der Waals surface area (Å²) >= 11 is 0. The Labute approximate surface area is 78.3 Å². The summed E-state index contributed by atoms with van der Waals surface area (Å²) in [6, 6.07) is 4.16. The summed E-state index contributed by atoms with van der Waals surface area (Å²) in [6.07, 6.45) is -3.67. The number of hydrogen-bond acceptors (Lipinski definition) is 4. The Bertz CT molecular complexity index is 358. The fourth-order valence-corrected chi connectivity index (χ4v) is 1.13. The maximum atomic E-state index is 12.6. The molecule has 0 spiro atoms. The fourth-order valence-electron chi connectivity index (χ4n) is 1.13. The zero-order chi connectivity index (χ0) is 10.2. The maximum Gasteiger partial charge on any atom is 0.586 e. The van der Waals surface area contributed by atoms with E-state index < -0.39 is 14.0 Å². The zero-order valence-corrected chi connectivity index (χ0v) is 6.87. The third kappa shape index (κ3) is 1.46. The van der Waals surface area contributed by atoms with Crippen LogP contribution in [0.2, 0.25) is 0 Å². The van der Waals surface area contributed by atoms with Crippen molar-refractivity contribution in [2.45, 2.75) is 6.29 Å². The Morgan fingerprint density at radius 2 is 2.14 bits per heavy atom. The van der Waals surface area contributed by atoms with E-state index in [1.807, 2.05) is 0 Å². The van der Waals surface area contributed by atoms with Crippen molar-refractivity contribution in [1.29, 1.82) is 0 Å². The van der Waals surface area contributed by atoms with Crippen LogP contribution in [0.5, 0.6) is 17.2 Å². The smallest absolute Gasteiger partial charge is 0.536 e. The second-order valence-electron chi connectivity index (χ2n) is 2.52. The van der Waals surface area contributed by atoms with E-state index in [4.69, 9.17) is 5.02 Å². The van der Waals surface area contributed by atoms with Gasteiger partial charge in [0.2, 0.25) is 5.75 Å². The highest BCUT2D eigenvalue weighted by Crippen LogP contribution is 2.46. The van der Waals surface area contributed by atoms with E-state index >= 15 is 0 Å². The van der Waals surface area contributed by atoms with Gasteiger partial charge in [0.15, 0.2) is 5.75 Å². The minimum absolute atomic E-state index is 0.0159. The molecule has 0 amide bonds. The monoisotopic (exact) mass is 202 g/mol. The summed E-state index contributed by atoms with van der Waals surface area (Å²) < 4.78 is 38.2. The Balaban J connectivity index is 2.36. The van der Waals surface area contributed by atoms with Crippen LogP contribution in [0.25, 0.3) is 0 Å². The largest absolute Gasteiger partial charge is 0.586 e. The number of rotatable bonds is 2. The number of para-hydroxylation sites is 1. The lowest BCUT2D eigenvalue weighted by molar-refractivity contribution is -0.287. The molecule has 1 aliphatic heterocycles. The van der Waals surface area contributed by atoms with Gasteiger partial charge >= 0.3 is 14.0 Å². The molecule has 2 rings (SSSR count). The van der Waals surface area contributed by atoms with Crippen LogP contribution in [-0.4, -0.2) is 19.0 Å². The Kier molecular flexibility index (Phi) is 1.96.